The third kappa shape index (κ3) is 1.80. The predicted molar refractivity (Wildman–Crippen MR) is 64.6 cm³/mol. The quantitative estimate of drug-likeness (QED) is 0.668. The van der Waals surface area contributed by atoms with Crippen LogP contribution in [0.3, 0.4) is 0 Å². The molecule has 0 aliphatic heterocycles. The molecule has 2 atom stereocenters. The van der Waals surface area contributed by atoms with Crippen LogP contribution in [-0.2, 0) is 4.79 Å². The fourth-order valence-electron chi connectivity index (χ4n) is 2.51. The largest absolute Gasteiger partial charge is 0.298 e. The molecule has 1 rings (SSSR count). The maximum atomic E-state index is 12.1. The highest BCUT2D eigenvalue weighted by atomic mass is 16.1. The van der Waals surface area contributed by atoms with E-state index in [1.165, 1.54) is 0 Å². The topological polar surface area (TPSA) is 40.9 Å². The van der Waals surface area contributed by atoms with Crippen LogP contribution in [0.1, 0.15) is 41.0 Å². The van der Waals surface area contributed by atoms with Crippen LogP contribution < -0.4 is 0 Å². The molecule has 0 aromatic carbocycles. The van der Waals surface area contributed by atoms with Crippen molar-refractivity contribution < 1.29 is 4.79 Å². The second-order valence-electron chi connectivity index (χ2n) is 6.17. The van der Waals surface area contributed by atoms with Crippen LogP contribution >= 0.6 is 0 Å². The van der Waals surface area contributed by atoms with Crippen molar-refractivity contribution in [2.45, 2.75) is 41.0 Å². The molecule has 1 saturated carbocycles. The van der Waals surface area contributed by atoms with E-state index in [-0.39, 0.29) is 22.5 Å². The second-order valence-corrected chi connectivity index (χ2v) is 6.17. The third-order valence-corrected chi connectivity index (χ3v) is 4.25. The van der Waals surface area contributed by atoms with Gasteiger partial charge in [0.15, 0.2) is 5.78 Å². The molecule has 0 unspecified atom stereocenters. The molecule has 2 nitrogen and oxygen atoms in total. The lowest BCUT2D eigenvalue weighted by atomic mass is 9.69. The first-order valence-electron chi connectivity index (χ1n) is 5.74. The molecule has 0 amide bonds. The number of nitrogens with zero attached hydrogens (tertiary/aromatic N) is 1. The van der Waals surface area contributed by atoms with Gasteiger partial charge in [-0.3, -0.25) is 4.79 Å². The fraction of sp³-hybridized carbons (Fsp3) is 0.714. The maximum absolute atomic E-state index is 12.1. The van der Waals surface area contributed by atoms with Gasteiger partial charge in [-0.25, -0.2) is 0 Å². The molecule has 0 heterocycles. The van der Waals surface area contributed by atoms with E-state index < -0.39 is 5.92 Å². The summed E-state index contributed by atoms with van der Waals surface area (Å²) < 4.78 is 0. The van der Waals surface area contributed by atoms with Crippen molar-refractivity contribution in [2.24, 2.45) is 22.7 Å². The Hall–Kier alpha value is -1.10. The summed E-state index contributed by atoms with van der Waals surface area (Å²) >= 11 is 0. The van der Waals surface area contributed by atoms with Gasteiger partial charge >= 0.3 is 0 Å². The average Bonchev–Trinajstić information content (AvgIpc) is 2.38. The van der Waals surface area contributed by atoms with E-state index in [9.17, 15) is 10.1 Å². The van der Waals surface area contributed by atoms with Crippen molar-refractivity contribution >= 4 is 5.78 Å². The maximum Gasteiger partial charge on any atom is 0.155 e. The van der Waals surface area contributed by atoms with Crippen LogP contribution in [0.5, 0.6) is 0 Å². The first kappa shape index (κ1) is 13.0. The van der Waals surface area contributed by atoms with E-state index in [2.05, 4.69) is 26.5 Å². The van der Waals surface area contributed by atoms with Gasteiger partial charge in [-0.05, 0) is 24.7 Å². The van der Waals surface area contributed by atoms with E-state index in [0.717, 1.165) is 12.0 Å². The molecular formula is C14H21NO. The van der Waals surface area contributed by atoms with Crippen molar-refractivity contribution in [1.82, 2.24) is 0 Å². The van der Waals surface area contributed by atoms with E-state index in [4.69, 9.17) is 0 Å². The molecule has 0 spiro atoms. The Morgan fingerprint density at radius 2 is 2.06 bits per heavy atom. The molecule has 0 saturated heterocycles. The Labute approximate surface area is 98.3 Å². The van der Waals surface area contributed by atoms with Crippen molar-refractivity contribution in [1.29, 1.82) is 5.26 Å². The Morgan fingerprint density at radius 1 is 1.56 bits per heavy atom. The predicted octanol–water partition coefficient (Wildman–Crippen LogP) is 3.34. The summed E-state index contributed by atoms with van der Waals surface area (Å²) in [5, 5.41) is 9.18. The average molecular weight is 219 g/mol. The lowest BCUT2D eigenvalue weighted by Gasteiger charge is -2.34. The summed E-state index contributed by atoms with van der Waals surface area (Å²) in [4.78, 5) is 12.1. The molecule has 0 radical (unpaired) electrons. The van der Waals surface area contributed by atoms with Gasteiger partial charge in [0, 0.05) is 5.41 Å². The number of ketones is 1. The molecule has 88 valence electrons. The lowest BCUT2D eigenvalue weighted by molar-refractivity contribution is -0.126. The van der Waals surface area contributed by atoms with Gasteiger partial charge in [0.2, 0.25) is 0 Å². The summed E-state index contributed by atoms with van der Waals surface area (Å²) in [6.45, 7) is 14.0. The molecule has 2 heteroatoms. The van der Waals surface area contributed by atoms with E-state index in [1.54, 1.807) is 0 Å². The highest BCUT2D eigenvalue weighted by molar-refractivity contribution is 5.91. The number of Topliss-reactive ketones (excluding diaryl/α,β-unsaturated/α-hetero) is 1. The smallest absolute Gasteiger partial charge is 0.155 e. The van der Waals surface area contributed by atoms with Crippen molar-refractivity contribution in [3.8, 4) is 6.07 Å². The molecule has 0 N–H and O–H groups in total. The zero-order chi connectivity index (χ0) is 12.7. The van der Waals surface area contributed by atoms with Gasteiger partial charge < -0.3 is 0 Å². The minimum Gasteiger partial charge on any atom is -0.298 e. The van der Waals surface area contributed by atoms with Crippen molar-refractivity contribution in [3.63, 3.8) is 0 Å². The molecule has 16 heavy (non-hydrogen) atoms. The first-order chi connectivity index (χ1) is 7.14. The van der Waals surface area contributed by atoms with Crippen LogP contribution in [0.15, 0.2) is 12.2 Å². The molecular weight excluding hydrogens is 198 g/mol. The molecule has 0 aromatic heterocycles. The van der Waals surface area contributed by atoms with Crippen LogP contribution in [0, 0.1) is 34.0 Å². The minimum atomic E-state index is -0.471. The Kier molecular flexibility index (Phi) is 3.02. The van der Waals surface area contributed by atoms with Gasteiger partial charge in [-0.2, -0.15) is 5.26 Å². The van der Waals surface area contributed by atoms with Crippen molar-refractivity contribution in [2.75, 3.05) is 0 Å². The minimum absolute atomic E-state index is 0.0920. The van der Waals surface area contributed by atoms with Crippen molar-refractivity contribution in [3.05, 3.63) is 12.2 Å². The molecule has 1 aliphatic rings. The summed E-state index contributed by atoms with van der Waals surface area (Å²) in [5.74, 6) is -0.284. The zero-order valence-electron chi connectivity index (χ0n) is 10.9. The fourth-order valence-corrected chi connectivity index (χ4v) is 2.51. The van der Waals surface area contributed by atoms with Gasteiger partial charge in [-0.1, -0.05) is 39.8 Å². The van der Waals surface area contributed by atoms with Gasteiger partial charge in [0.25, 0.3) is 0 Å². The molecule has 1 fully saturated rings. The highest BCUT2D eigenvalue weighted by Gasteiger charge is 2.52. The Morgan fingerprint density at radius 3 is 2.44 bits per heavy atom. The highest BCUT2D eigenvalue weighted by Crippen LogP contribution is 2.51. The number of allylic oxidation sites excluding steroid dienone is 1. The summed E-state index contributed by atoms with van der Waals surface area (Å²) in [5.41, 5.74) is 0.532. The second kappa shape index (κ2) is 3.73. The summed E-state index contributed by atoms with van der Waals surface area (Å²) in [7, 11) is 0. The molecule has 0 aromatic rings. The zero-order valence-corrected chi connectivity index (χ0v) is 10.9. The number of carbonyl (C=O) groups excluding carboxylic acids is 1. The monoisotopic (exact) mass is 219 g/mol. The number of nitriles is 1. The van der Waals surface area contributed by atoms with Gasteiger partial charge in [0.1, 0.15) is 5.92 Å². The summed E-state index contributed by atoms with van der Waals surface area (Å²) in [6.07, 6.45) is 0.782. The van der Waals surface area contributed by atoms with Crippen LogP contribution in [-0.4, -0.2) is 5.78 Å². The lowest BCUT2D eigenvalue weighted by Crippen LogP contribution is -2.29. The van der Waals surface area contributed by atoms with E-state index >= 15 is 0 Å². The molecule has 1 aliphatic carbocycles. The number of rotatable bonds is 2. The van der Waals surface area contributed by atoms with Crippen LogP contribution in [0.2, 0.25) is 0 Å². The summed E-state index contributed by atoms with van der Waals surface area (Å²) in [6, 6.07) is 2.19. The number of hydrogen-bond acceptors (Lipinski definition) is 2. The van der Waals surface area contributed by atoms with Crippen LogP contribution in [0.25, 0.3) is 0 Å². The third-order valence-electron chi connectivity index (χ3n) is 4.25. The number of carbonyl (C=O) groups is 1. The normalized spacial score (nSPS) is 28.9. The van der Waals surface area contributed by atoms with E-state index in [1.807, 2.05) is 20.8 Å². The Balaban J connectivity index is 3.14. The molecule has 0 bridgehead atoms. The standard InChI is InChI=1S/C14H21NO/c1-9(2)14(5,6)11-7-13(3,4)12(16)10(11)8-15/h10-11H,1,7H2,2-6H3/t10-,11+/m0/s1. The van der Waals surface area contributed by atoms with Gasteiger partial charge in [-0.15, -0.1) is 0 Å². The SMILES string of the molecule is C=C(C)C(C)(C)[C@@H]1CC(C)(C)C(=O)[C@H]1C#N. The first-order valence-corrected chi connectivity index (χ1v) is 5.74. The van der Waals surface area contributed by atoms with E-state index in [0.29, 0.717) is 0 Å². The Bertz CT molecular complexity index is 371. The van der Waals surface area contributed by atoms with Crippen LogP contribution in [0.4, 0.5) is 0 Å². The number of hydrogen-bond donors (Lipinski definition) is 0. The van der Waals surface area contributed by atoms with Gasteiger partial charge in [0.05, 0.1) is 6.07 Å².